The van der Waals surface area contributed by atoms with E-state index >= 15 is 0 Å². The van der Waals surface area contributed by atoms with Gasteiger partial charge in [0, 0.05) is 19.1 Å². The fraction of sp³-hybridized carbons (Fsp3) is 0.444. The van der Waals surface area contributed by atoms with Crippen molar-refractivity contribution in [1.29, 1.82) is 0 Å². The van der Waals surface area contributed by atoms with Crippen molar-refractivity contribution in [3.8, 4) is 0 Å². The summed E-state index contributed by atoms with van der Waals surface area (Å²) in [5, 5.41) is 0.773. The molecule has 0 bridgehead atoms. The van der Waals surface area contributed by atoms with Crippen LogP contribution in [0.15, 0.2) is 42.1 Å². The highest BCUT2D eigenvalue weighted by atomic mass is 32.2. The van der Waals surface area contributed by atoms with Crippen molar-refractivity contribution in [2.45, 2.75) is 31.1 Å². The zero-order valence-corrected chi connectivity index (χ0v) is 16.4. The van der Waals surface area contributed by atoms with Crippen molar-refractivity contribution in [1.82, 2.24) is 14.5 Å². The number of imidazole rings is 1. The van der Waals surface area contributed by atoms with Gasteiger partial charge in [-0.15, -0.1) is 6.58 Å². The first-order valence-corrected chi connectivity index (χ1v) is 11.4. The predicted octanol–water partition coefficient (Wildman–Crippen LogP) is 2.35. The van der Waals surface area contributed by atoms with Gasteiger partial charge in [-0.25, -0.2) is 13.4 Å². The van der Waals surface area contributed by atoms with Crippen LogP contribution in [0.5, 0.6) is 0 Å². The Labute approximate surface area is 158 Å². The van der Waals surface area contributed by atoms with E-state index in [1.165, 1.54) is 11.8 Å². The van der Waals surface area contributed by atoms with E-state index < -0.39 is 9.84 Å². The van der Waals surface area contributed by atoms with E-state index in [0.29, 0.717) is 19.5 Å². The number of hydrogen-bond acceptors (Lipinski definition) is 5. The van der Waals surface area contributed by atoms with Crippen molar-refractivity contribution < 1.29 is 13.2 Å². The Morgan fingerprint density at radius 2 is 2.23 bits per heavy atom. The highest BCUT2D eigenvalue weighted by Crippen LogP contribution is 2.25. The molecule has 1 aromatic carbocycles. The topological polar surface area (TPSA) is 72.3 Å². The Morgan fingerprint density at radius 1 is 1.46 bits per heavy atom. The number of fused-ring (bicyclic) bond motifs is 1. The summed E-state index contributed by atoms with van der Waals surface area (Å²) in [6, 6.07) is 7.64. The van der Waals surface area contributed by atoms with Gasteiger partial charge in [-0.1, -0.05) is 30.0 Å². The first-order chi connectivity index (χ1) is 12.4. The summed E-state index contributed by atoms with van der Waals surface area (Å²) in [6.07, 6.45) is 2.34. The molecule has 1 aliphatic heterocycles. The third kappa shape index (κ3) is 3.96. The molecule has 0 N–H and O–H groups in total. The summed E-state index contributed by atoms with van der Waals surface area (Å²) < 4.78 is 25.5. The minimum atomic E-state index is -3.01. The van der Waals surface area contributed by atoms with Gasteiger partial charge in [0.2, 0.25) is 5.91 Å². The molecule has 3 rings (SSSR count). The van der Waals surface area contributed by atoms with E-state index in [0.717, 1.165) is 16.2 Å². The van der Waals surface area contributed by atoms with E-state index in [4.69, 9.17) is 0 Å². The highest BCUT2D eigenvalue weighted by Gasteiger charge is 2.33. The number of para-hydroxylation sites is 2. The van der Waals surface area contributed by atoms with Crippen LogP contribution in [-0.2, 0) is 21.2 Å². The lowest BCUT2D eigenvalue weighted by molar-refractivity contribution is -0.129. The molecule has 6 nitrogen and oxygen atoms in total. The van der Waals surface area contributed by atoms with Gasteiger partial charge in [-0.05, 0) is 25.5 Å². The van der Waals surface area contributed by atoms with Crippen LogP contribution in [0.2, 0.25) is 0 Å². The summed E-state index contributed by atoms with van der Waals surface area (Å²) in [5.74, 6) is 0.442. The number of allylic oxidation sites excluding steroid dienone is 1. The van der Waals surface area contributed by atoms with Crippen molar-refractivity contribution >= 4 is 38.5 Å². The van der Waals surface area contributed by atoms with E-state index in [1.54, 1.807) is 4.90 Å². The monoisotopic (exact) mass is 393 g/mol. The molecule has 26 heavy (non-hydrogen) atoms. The van der Waals surface area contributed by atoms with Crippen LogP contribution in [-0.4, -0.2) is 58.6 Å². The van der Waals surface area contributed by atoms with Crippen molar-refractivity contribution in [3.05, 3.63) is 36.9 Å². The number of benzene rings is 1. The minimum Gasteiger partial charge on any atom is -0.338 e. The van der Waals surface area contributed by atoms with Gasteiger partial charge >= 0.3 is 0 Å². The molecule has 2 aromatic rings. The Morgan fingerprint density at radius 3 is 2.88 bits per heavy atom. The van der Waals surface area contributed by atoms with Crippen molar-refractivity contribution in [2.75, 3.05) is 23.8 Å². The Balaban J connectivity index is 1.73. The third-order valence-electron chi connectivity index (χ3n) is 4.57. The maximum absolute atomic E-state index is 12.7. The number of aromatic nitrogens is 2. The molecular weight excluding hydrogens is 370 g/mol. The Hall–Kier alpha value is -1.80. The molecule has 2 heterocycles. The van der Waals surface area contributed by atoms with Crippen LogP contribution >= 0.6 is 11.8 Å². The van der Waals surface area contributed by atoms with Gasteiger partial charge in [-0.3, -0.25) is 4.79 Å². The number of carbonyl (C=O) groups is 1. The lowest BCUT2D eigenvalue weighted by atomic mass is 10.2. The predicted molar refractivity (Wildman–Crippen MR) is 105 cm³/mol. The number of rotatable bonds is 7. The summed E-state index contributed by atoms with van der Waals surface area (Å²) in [5.41, 5.74) is 1.90. The standard InChI is InChI=1S/C18H23N3O3S2/c1-3-10-21-16-8-6-5-7-15(16)19-18(21)25-12-17(22)20(4-2)14-9-11-26(23,24)13-14/h3,5-8,14H,1,4,9-13H2,2H3. The summed E-state index contributed by atoms with van der Waals surface area (Å²) >= 11 is 1.39. The van der Waals surface area contributed by atoms with Crippen LogP contribution < -0.4 is 0 Å². The molecule has 0 spiro atoms. The van der Waals surface area contributed by atoms with Gasteiger partial charge in [0.1, 0.15) is 0 Å². The number of carbonyl (C=O) groups excluding carboxylic acids is 1. The second-order valence-electron chi connectivity index (χ2n) is 6.31. The van der Waals surface area contributed by atoms with Crippen molar-refractivity contribution in [3.63, 3.8) is 0 Å². The Kier molecular flexibility index (Phi) is 5.72. The average molecular weight is 394 g/mol. The zero-order chi connectivity index (χ0) is 18.7. The molecule has 0 radical (unpaired) electrons. The van der Waals surface area contributed by atoms with Crippen LogP contribution in [0, 0.1) is 0 Å². The number of hydrogen-bond donors (Lipinski definition) is 0. The number of sulfone groups is 1. The number of amides is 1. The van der Waals surface area contributed by atoms with Gasteiger partial charge in [0.25, 0.3) is 0 Å². The molecule has 140 valence electrons. The summed E-state index contributed by atoms with van der Waals surface area (Å²) in [4.78, 5) is 19.0. The first-order valence-electron chi connectivity index (χ1n) is 8.64. The second-order valence-corrected chi connectivity index (χ2v) is 9.48. The fourth-order valence-corrected chi connectivity index (χ4v) is 5.98. The SMILES string of the molecule is C=CCn1c(SCC(=O)N(CC)C2CCS(=O)(=O)C2)nc2ccccc21. The number of nitrogens with zero attached hydrogens (tertiary/aromatic N) is 3. The molecule has 1 unspecified atom stereocenters. The lowest BCUT2D eigenvalue weighted by Gasteiger charge is -2.26. The van der Waals surface area contributed by atoms with E-state index in [1.807, 2.05) is 41.8 Å². The molecule has 1 amide bonds. The summed E-state index contributed by atoms with van der Waals surface area (Å²) in [6.45, 7) is 6.82. The molecule has 1 aliphatic rings. The van der Waals surface area contributed by atoms with Gasteiger partial charge in [0.05, 0.1) is 28.3 Å². The maximum atomic E-state index is 12.7. The lowest BCUT2D eigenvalue weighted by Crippen LogP contribution is -2.42. The molecular formula is C18H23N3O3S2. The molecule has 0 aliphatic carbocycles. The smallest absolute Gasteiger partial charge is 0.233 e. The van der Waals surface area contributed by atoms with Crippen LogP contribution in [0.1, 0.15) is 13.3 Å². The third-order valence-corrected chi connectivity index (χ3v) is 7.28. The van der Waals surface area contributed by atoms with Crippen molar-refractivity contribution in [2.24, 2.45) is 0 Å². The van der Waals surface area contributed by atoms with Gasteiger partial charge < -0.3 is 9.47 Å². The summed E-state index contributed by atoms with van der Waals surface area (Å²) in [7, 11) is -3.01. The van der Waals surface area contributed by atoms with E-state index in [-0.39, 0.29) is 29.2 Å². The largest absolute Gasteiger partial charge is 0.338 e. The quantitative estimate of drug-likeness (QED) is 0.533. The molecule has 1 fully saturated rings. The normalized spacial score (nSPS) is 18.9. The van der Waals surface area contributed by atoms with Gasteiger partial charge in [0.15, 0.2) is 15.0 Å². The van der Waals surface area contributed by atoms with E-state index in [2.05, 4.69) is 11.6 Å². The fourth-order valence-electron chi connectivity index (χ4n) is 3.34. The highest BCUT2D eigenvalue weighted by molar-refractivity contribution is 7.99. The molecule has 1 aromatic heterocycles. The minimum absolute atomic E-state index is 0.0446. The van der Waals surface area contributed by atoms with Gasteiger partial charge in [-0.2, -0.15) is 0 Å². The maximum Gasteiger partial charge on any atom is 0.233 e. The molecule has 0 saturated carbocycles. The molecule has 8 heteroatoms. The zero-order valence-electron chi connectivity index (χ0n) is 14.8. The van der Waals surface area contributed by atoms with Crippen LogP contribution in [0.25, 0.3) is 11.0 Å². The van der Waals surface area contributed by atoms with Crippen LogP contribution in [0.3, 0.4) is 0 Å². The number of thioether (sulfide) groups is 1. The average Bonchev–Trinajstić information content (AvgIpc) is 3.14. The van der Waals surface area contributed by atoms with Crippen LogP contribution in [0.4, 0.5) is 0 Å². The second kappa shape index (κ2) is 7.84. The Bertz CT molecular complexity index is 921. The molecule has 1 atom stereocenters. The van der Waals surface area contributed by atoms with E-state index in [9.17, 15) is 13.2 Å². The first kappa shape index (κ1) is 19.0. The molecule has 1 saturated heterocycles.